The van der Waals surface area contributed by atoms with Crippen LogP contribution >= 0.6 is 0 Å². The summed E-state index contributed by atoms with van der Waals surface area (Å²) < 4.78 is 0. The summed E-state index contributed by atoms with van der Waals surface area (Å²) in [6, 6.07) is 5.84. The Morgan fingerprint density at radius 1 is 1.35 bits per heavy atom. The number of carbonyl (C=O) groups is 1. The molecule has 2 heterocycles. The lowest BCUT2D eigenvalue weighted by Crippen LogP contribution is -2.38. The van der Waals surface area contributed by atoms with Gasteiger partial charge in [-0.25, -0.2) is 0 Å². The lowest BCUT2D eigenvalue weighted by Gasteiger charge is -2.33. The van der Waals surface area contributed by atoms with E-state index < -0.39 is 0 Å². The second kappa shape index (κ2) is 6.86. The second-order valence-electron chi connectivity index (χ2n) is 8.63. The number of rotatable bonds is 5. The molecule has 2 saturated carbocycles. The molecular weight excluding hydrogens is 326 g/mol. The molecule has 3 fully saturated rings. The molecule has 1 saturated heterocycles. The fraction of sp³-hybridized carbons (Fsp3) is 0.700. The molecule has 4 rings (SSSR count). The van der Waals surface area contributed by atoms with E-state index in [1.165, 1.54) is 25.7 Å². The number of amides is 1. The number of hydrogen-bond acceptors (Lipinski definition) is 5. The number of carbonyl (C=O) groups excluding carboxylic acids is 1. The highest BCUT2D eigenvalue weighted by Crippen LogP contribution is 2.49. The van der Waals surface area contributed by atoms with Gasteiger partial charge in [-0.2, -0.15) is 5.26 Å². The molecule has 6 nitrogen and oxygen atoms in total. The highest BCUT2D eigenvalue weighted by Gasteiger charge is 2.43. The number of anilines is 1. The minimum atomic E-state index is 0.328. The fourth-order valence-electron chi connectivity index (χ4n) is 4.54. The van der Waals surface area contributed by atoms with Gasteiger partial charge in [-0.3, -0.25) is 4.79 Å². The Labute approximate surface area is 155 Å². The summed E-state index contributed by atoms with van der Waals surface area (Å²) in [4.78, 5) is 14.8. The van der Waals surface area contributed by atoms with Gasteiger partial charge < -0.3 is 10.2 Å². The van der Waals surface area contributed by atoms with Crippen molar-refractivity contribution in [2.75, 3.05) is 18.4 Å². The van der Waals surface area contributed by atoms with Gasteiger partial charge >= 0.3 is 0 Å². The minimum absolute atomic E-state index is 0.328. The van der Waals surface area contributed by atoms with Crippen LogP contribution in [0.1, 0.15) is 57.6 Å². The van der Waals surface area contributed by atoms with Crippen molar-refractivity contribution in [3.63, 3.8) is 0 Å². The summed E-state index contributed by atoms with van der Waals surface area (Å²) in [6.45, 7) is 4.07. The quantitative estimate of drug-likeness (QED) is 0.880. The number of fused-ring (bicyclic) bond motifs is 1. The maximum atomic E-state index is 12.7. The van der Waals surface area contributed by atoms with Gasteiger partial charge in [0.2, 0.25) is 5.91 Å². The number of aromatic nitrogens is 2. The molecule has 26 heavy (non-hydrogen) atoms. The van der Waals surface area contributed by atoms with Gasteiger partial charge in [0.15, 0.2) is 5.69 Å². The topological polar surface area (TPSA) is 81.9 Å². The van der Waals surface area contributed by atoms with E-state index in [0.717, 1.165) is 31.7 Å². The monoisotopic (exact) mass is 353 g/mol. The largest absolute Gasteiger partial charge is 0.365 e. The molecule has 0 bridgehead atoms. The third-order valence-electron chi connectivity index (χ3n) is 6.61. The van der Waals surface area contributed by atoms with E-state index in [1.807, 2.05) is 12.1 Å². The van der Waals surface area contributed by atoms with Crippen molar-refractivity contribution < 1.29 is 4.79 Å². The molecule has 3 atom stereocenters. The van der Waals surface area contributed by atoms with Crippen LogP contribution in [0.25, 0.3) is 0 Å². The summed E-state index contributed by atoms with van der Waals surface area (Å²) in [5.74, 6) is 2.14. The molecule has 3 unspecified atom stereocenters. The average Bonchev–Trinajstić information content (AvgIpc) is 3.23. The van der Waals surface area contributed by atoms with E-state index >= 15 is 0 Å². The summed E-state index contributed by atoms with van der Waals surface area (Å²) in [6.07, 6.45) is 7.80. The first-order valence-corrected chi connectivity index (χ1v) is 9.84. The number of nitrogens with zero attached hydrogens (tertiary/aromatic N) is 4. The molecule has 6 heteroatoms. The molecule has 0 spiro atoms. The van der Waals surface area contributed by atoms with E-state index in [0.29, 0.717) is 41.3 Å². The highest BCUT2D eigenvalue weighted by molar-refractivity contribution is 5.76. The van der Waals surface area contributed by atoms with Gasteiger partial charge in [0.05, 0.1) is 0 Å². The maximum absolute atomic E-state index is 12.7. The zero-order valence-corrected chi connectivity index (χ0v) is 15.4. The summed E-state index contributed by atoms with van der Waals surface area (Å²) in [7, 11) is 0. The van der Waals surface area contributed by atoms with Crippen molar-refractivity contribution in [2.45, 2.75) is 57.9 Å². The van der Waals surface area contributed by atoms with E-state index in [2.05, 4.69) is 27.3 Å². The van der Waals surface area contributed by atoms with Crippen molar-refractivity contribution >= 4 is 11.7 Å². The van der Waals surface area contributed by atoms with Crippen LogP contribution in [0, 0.1) is 28.6 Å². The number of nitriles is 1. The van der Waals surface area contributed by atoms with Gasteiger partial charge in [0.25, 0.3) is 0 Å². The highest BCUT2D eigenvalue weighted by atomic mass is 16.2. The van der Waals surface area contributed by atoms with E-state index in [-0.39, 0.29) is 0 Å². The van der Waals surface area contributed by atoms with Crippen molar-refractivity contribution in [2.24, 2.45) is 17.3 Å². The second-order valence-corrected chi connectivity index (χ2v) is 8.63. The van der Waals surface area contributed by atoms with Gasteiger partial charge in [-0.1, -0.05) is 13.3 Å². The number of nitrogens with one attached hydrogen (secondary N) is 1. The van der Waals surface area contributed by atoms with Crippen molar-refractivity contribution in [3.8, 4) is 6.07 Å². The summed E-state index contributed by atoms with van der Waals surface area (Å²) >= 11 is 0. The Balaban J connectivity index is 1.36. The predicted molar refractivity (Wildman–Crippen MR) is 98.1 cm³/mol. The van der Waals surface area contributed by atoms with Crippen LogP contribution in [0.15, 0.2) is 12.1 Å². The molecule has 1 aromatic heterocycles. The van der Waals surface area contributed by atoms with E-state index in [1.54, 1.807) is 6.07 Å². The smallest absolute Gasteiger partial charge is 0.222 e. The molecule has 1 amide bonds. The van der Waals surface area contributed by atoms with E-state index in [9.17, 15) is 4.79 Å². The van der Waals surface area contributed by atoms with Crippen molar-refractivity contribution in [1.82, 2.24) is 15.1 Å². The Hall–Kier alpha value is -2.16. The van der Waals surface area contributed by atoms with Gasteiger partial charge in [0, 0.05) is 31.5 Å². The Morgan fingerprint density at radius 2 is 2.19 bits per heavy atom. The number of likely N-dealkylation sites (tertiary alicyclic amines) is 1. The predicted octanol–water partition coefficient (Wildman–Crippen LogP) is 2.97. The molecule has 0 aromatic carbocycles. The molecule has 1 aliphatic heterocycles. The third kappa shape index (κ3) is 3.67. The normalized spacial score (nSPS) is 28.9. The lowest BCUT2D eigenvalue weighted by atomic mass is 9.78. The lowest BCUT2D eigenvalue weighted by molar-refractivity contribution is -0.130. The molecule has 0 radical (unpaired) electrons. The zero-order chi connectivity index (χ0) is 18.1. The third-order valence-corrected chi connectivity index (χ3v) is 6.61. The maximum Gasteiger partial charge on any atom is 0.222 e. The van der Waals surface area contributed by atoms with Crippen LogP contribution in [0.2, 0.25) is 0 Å². The fourth-order valence-corrected chi connectivity index (χ4v) is 4.54. The average molecular weight is 353 g/mol. The molecule has 1 aromatic rings. The van der Waals surface area contributed by atoms with Gasteiger partial charge in [-0.15, -0.1) is 10.2 Å². The Morgan fingerprint density at radius 3 is 2.88 bits per heavy atom. The summed E-state index contributed by atoms with van der Waals surface area (Å²) in [5, 5.41) is 20.4. The first kappa shape index (κ1) is 17.3. The van der Waals surface area contributed by atoms with Gasteiger partial charge in [-0.05, 0) is 55.6 Å². The van der Waals surface area contributed by atoms with Gasteiger partial charge in [0.1, 0.15) is 11.9 Å². The van der Waals surface area contributed by atoms with Crippen LogP contribution < -0.4 is 5.32 Å². The van der Waals surface area contributed by atoms with Crippen LogP contribution in [0.3, 0.4) is 0 Å². The SMILES string of the molecule is CC1(CCC(=O)N2CC3CCCC(Nc4ccc(C#N)nn4)C3C2)CC1. The number of hydrogen-bond donors (Lipinski definition) is 1. The minimum Gasteiger partial charge on any atom is -0.365 e. The molecule has 138 valence electrons. The Bertz CT molecular complexity index is 706. The van der Waals surface area contributed by atoms with E-state index in [4.69, 9.17) is 5.26 Å². The molecular formula is C20H27N5O. The van der Waals surface area contributed by atoms with Crippen molar-refractivity contribution in [3.05, 3.63) is 17.8 Å². The van der Waals surface area contributed by atoms with Crippen molar-refractivity contribution in [1.29, 1.82) is 5.26 Å². The summed E-state index contributed by atoms with van der Waals surface area (Å²) in [5.41, 5.74) is 0.777. The Kier molecular flexibility index (Phi) is 4.56. The molecule has 2 aliphatic carbocycles. The van der Waals surface area contributed by atoms with Crippen LogP contribution in [0.4, 0.5) is 5.82 Å². The first-order valence-electron chi connectivity index (χ1n) is 9.84. The molecule has 1 N–H and O–H groups in total. The standard InChI is InChI=1S/C20H27N5O/c1-20(9-10-20)8-7-19(26)25-12-14-3-2-4-17(16(14)13-25)22-18-6-5-15(11-21)23-24-18/h5-6,14,16-17H,2-4,7-10,12-13H2,1H3,(H,22,24). The first-order chi connectivity index (χ1) is 12.6. The van der Waals surface area contributed by atoms with Crippen LogP contribution in [-0.2, 0) is 4.79 Å². The van der Waals surface area contributed by atoms with Crippen LogP contribution in [-0.4, -0.2) is 40.1 Å². The molecule has 3 aliphatic rings. The van der Waals surface area contributed by atoms with Crippen LogP contribution in [0.5, 0.6) is 0 Å². The zero-order valence-electron chi connectivity index (χ0n) is 15.4.